The minimum atomic E-state index is -0.341. The maximum Gasteiger partial charge on any atom is 0.170 e. The number of ether oxygens (including phenoxy) is 1. The average Bonchev–Trinajstić information content (AvgIpc) is 2.23. The average molecular weight is 258 g/mol. The molecule has 0 amide bonds. The highest BCUT2D eigenvalue weighted by molar-refractivity contribution is 6.30. The van der Waals surface area contributed by atoms with Crippen molar-refractivity contribution in [2.24, 2.45) is 10.4 Å². The quantitative estimate of drug-likeness (QED) is 0.326. The molecule has 0 fully saturated rings. The van der Waals surface area contributed by atoms with E-state index in [0.29, 0.717) is 12.2 Å². The number of methoxy groups -OCH3 is 1. The first-order chi connectivity index (χ1) is 7.72. The van der Waals surface area contributed by atoms with Crippen molar-refractivity contribution >= 4 is 24.1 Å². The Morgan fingerprint density at radius 1 is 1.47 bits per heavy atom. The first kappa shape index (κ1) is 15.9. The molecule has 0 saturated carbocycles. The van der Waals surface area contributed by atoms with Crippen molar-refractivity contribution in [2.75, 3.05) is 7.11 Å². The summed E-state index contributed by atoms with van der Waals surface area (Å²) in [5.74, 6) is 0.588. The fraction of sp³-hybridized carbons (Fsp3) is 0.538. The van der Waals surface area contributed by atoms with Gasteiger partial charge >= 0.3 is 0 Å². The summed E-state index contributed by atoms with van der Waals surface area (Å²) in [7, 11) is 1.50. The van der Waals surface area contributed by atoms with Crippen molar-refractivity contribution in [2.45, 2.75) is 34.1 Å². The zero-order chi connectivity index (χ0) is 13.6. The van der Waals surface area contributed by atoms with Gasteiger partial charge < -0.3 is 4.74 Å². The van der Waals surface area contributed by atoms with E-state index in [9.17, 15) is 4.79 Å². The predicted molar refractivity (Wildman–Crippen MR) is 72.3 cm³/mol. The molecule has 0 aromatic carbocycles. The number of Topliss-reactive ketones (excluding diaryl/α,β-unsaturated/α-hetero) is 1. The third-order valence-electron chi connectivity index (χ3n) is 2.22. The van der Waals surface area contributed by atoms with Gasteiger partial charge in [-0.2, -0.15) is 0 Å². The van der Waals surface area contributed by atoms with Gasteiger partial charge in [-0.1, -0.05) is 37.9 Å². The molecule has 0 N–H and O–H groups in total. The fourth-order valence-corrected chi connectivity index (χ4v) is 1.21. The Bertz CT molecular complexity index is 362. The van der Waals surface area contributed by atoms with E-state index in [1.807, 2.05) is 27.7 Å². The molecular formula is C13H20ClNO2. The van der Waals surface area contributed by atoms with Crippen molar-refractivity contribution in [1.82, 2.24) is 0 Å². The van der Waals surface area contributed by atoms with Crippen LogP contribution < -0.4 is 0 Å². The summed E-state index contributed by atoms with van der Waals surface area (Å²) in [6, 6.07) is 0. The smallest absolute Gasteiger partial charge is 0.170 e. The molecule has 0 rings (SSSR count). The number of allylic oxidation sites excluding steroid dienone is 2. The lowest BCUT2D eigenvalue weighted by Crippen LogP contribution is -2.20. The van der Waals surface area contributed by atoms with Gasteiger partial charge in [0, 0.05) is 11.8 Å². The van der Waals surface area contributed by atoms with Gasteiger partial charge in [-0.15, -0.1) is 0 Å². The van der Waals surface area contributed by atoms with Gasteiger partial charge in [-0.25, -0.2) is 4.99 Å². The molecule has 0 bridgehead atoms. The van der Waals surface area contributed by atoms with Crippen molar-refractivity contribution in [3.05, 3.63) is 22.6 Å². The van der Waals surface area contributed by atoms with Crippen molar-refractivity contribution < 1.29 is 9.53 Å². The summed E-state index contributed by atoms with van der Waals surface area (Å²) in [4.78, 5) is 15.4. The number of nitrogens with zero attached hydrogens (tertiary/aromatic N) is 1. The highest BCUT2D eigenvalue weighted by atomic mass is 35.5. The summed E-state index contributed by atoms with van der Waals surface area (Å²) < 4.78 is 5.07. The van der Waals surface area contributed by atoms with Crippen LogP contribution in [0, 0.1) is 5.41 Å². The maximum atomic E-state index is 11.8. The lowest BCUT2D eigenvalue weighted by atomic mass is 9.87. The highest BCUT2D eigenvalue weighted by Gasteiger charge is 2.21. The van der Waals surface area contributed by atoms with Crippen LogP contribution in [-0.2, 0) is 9.53 Å². The summed E-state index contributed by atoms with van der Waals surface area (Å²) in [6.07, 6.45) is 2.08. The van der Waals surface area contributed by atoms with Crippen LogP contribution in [-0.4, -0.2) is 19.6 Å². The minimum Gasteiger partial charge on any atom is -0.494 e. The molecule has 3 nitrogen and oxygen atoms in total. The van der Waals surface area contributed by atoms with Crippen LogP contribution in [0.25, 0.3) is 0 Å². The van der Waals surface area contributed by atoms with E-state index < -0.39 is 0 Å². The predicted octanol–water partition coefficient (Wildman–Crippen LogP) is 3.69. The van der Waals surface area contributed by atoms with Gasteiger partial charge in [0.2, 0.25) is 0 Å². The number of carbonyl (C=O) groups is 1. The van der Waals surface area contributed by atoms with Crippen molar-refractivity contribution in [3.8, 4) is 0 Å². The van der Waals surface area contributed by atoms with Crippen LogP contribution >= 0.6 is 11.6 Å². The number of ketones is 1. The Hall–Kier alpha value is -1.09. The van der Waals surface area contributed by atoms with E-state index in [-0.39, 0.29) is 16.4 Å². The second-order valence-electron chi connectivity index (χ2n) is 4.86. The van der Waals surface area contributed by atoms with Crippen LogP contribution in [0.4, 0.5) is 0 Å². The normalized spacial score (nSPS) is 14.1. The molecule has 0 aliphatic heterocycles. The Morgan fingerprint density at radius 3 is 2.35 bits per heavy atom. The van der Waals surface area contributed by atoms with Gasteiger partial charge in [0.05, 0.1) is 7.11 Å². The van der Waals surface area contributed by atoms with Crippen LogP contribution in [0.15, 0.2) is 27.6 Å². The summed E-state index contributed by atoms with van der Waals surface area (Å²) in [5, 5.41) is 0.190. The molecule has 0 aromatic rings. The second-order valence-corrected chi connectivity index (χ2v) is 5.22. The van der Waals surface area contributed by atoms with Crippen molar-refractivity contribution in [1.29, 1.82) is 0 Å². The van der Waals surface area contributed by atoms with E-state index in [1.165, 1.54) is 7.11 Å². The molecule has 0 atom stereocenters. The molecule has 0 aliphatic carbocycles. The monoisotopic (exact) mass is 257 g/mol. The number of rotatable bonds is 5. The summed E-state index contributed by atoms with van der Waals surface area (Å²) >= 11 is 5.80. The molecule has 0 spiro atoms. The van der Waals surface area contributed by atoms with E-state index in [4.69, 9.17) is 16.3 Å². The van der Waals surface area contributed by atoms with Gasteiger partial charge in [-0.05, 0) is 19.7 Å². The Balaban J connectivity index is 4.88. The van der Waals surface area contributed by atoms with E-state index in [2.05, 4.69) is 11.7 Å². The molecular weight excluding hydrogens is 238 g/mol. The number of halogens is 1. The van der Waals surface area contributed by atoms with Crippen LogP contribution in [0.5, 0.6) is 0 Å². The molecule has 0 aromatic heterocycles. The number of carbonyl (C=O) groups excluding carboxylic acids is 1. The minimum absolute atomic E-state index is 0.171. The van der Waals surface area contributed by atoms with Crippen LogP contribution in [0.2, 0.25) is 0 Å². The Kier molecular flexibility index (Phi) is 6.18. The van der Waals surface area contributed by atoms with E-state index >= 15 is 0 Å². The maximum absolute atomic E-state index is 11.8. The molecule has 0 saturated heterocycles. The zero-order valence-electron chi connectivity index (χ0n) is 11.1. The number of aliphatic imine (C=N–C) groups is 1. The van der Waals surface area contributed by atoms with E-state index in [1.54, 1.807) is 6.08 Å². The largest absolute Gasteiger partial charge is 0.494 e. The topological polar surface area (TPSA) is 38.7 Å². The fourth-order valence-electron chi connectivity index (χ4n) is 1.07. The second kappa shape index (κ2) is 6.60. The molecule has 4 heteroatoms. The summed E-state index contributed by atoms with van der Waals surface area (Å²) in [5.41, 5.74) is 0.538. The molecule has 0 radical (unpaired) electrons. The zero-order valence-corrected chi connectivity index (χ0v) is 11.9. The lowest BCUT2D eigenvalue weighted by molar-refractivity contribution is -0.125. The Morgan fingerprint density at radius 2 is 2.00 bits per heavy atom. The molecule has 96 valence electrons. The van der Waals surface area contributed by atoms with Crippen LogP contribution in [0.1, 0.15) is 34.1 Å². The van der Waals surface area contributed by atoms with Crippen molar-refractivity contribution in [3.63, 3.8) is 0 Å². The number of hydrogen-bond donors (Lipinski definition) is 0. The van der Waals surface area contributed by atoms with Gasteiger partial charge in [-0.3, -0.25) is 4.79 Å². The van der Waals surface area contributed by atoms with E-state index in [0.717, 1.165) is 5.57 Å². The molecule has 0 unspecified atom stereocenters. The first-order valence-corrected chi connectivity index (χ1v) is 5.71. The third-order valence-corrected chi connectivity index (χ3v) is 2.52. The molecule has 0 heterocycles. The Labute approximate surface area is 108 Å². The standard InChI is InChI=1S/C13H20ClNO2/c1-9(8-11(16)13(2,3)4)7-10(17-6)12(14)15-5/h7H,5,8H2,1-4,6H3/b9-7+,12-10+. The van der Waals surface area contributed by atoms with Crippen LogP contribution in [0.3, 0.4) is 0 Å². The summed E-state index contributed by atoms with van der Waals surface area (Å²) in [6.45, 7) is 10.9. The van der Waals surface area contributed by atoms with Gasteiger partial charge in [0.25, 0.3) is 0 Å². The molecule has 17 heavy (non-hydrogen) atoms. The SMILES string of the molecule is C=N/C(Cl)=C(\C=C(/C)CC(=O)C(C)(C)C)OC. The third kappa shape index (κ3) is 5.68. The first-order valence-electron chi connectivity index (χ1n) is 5.33. The van der Waals surface area contributed by atoms with Gasteiger partial charge in [0.15, 0.2) is 10.9 Å². The number of hydrogen-bond acceptors (Lipinski definition) is 3. The highest BCUT2D eigenvalue weighted by Crippen LogP contribution is 2.21. The lowest BCUT2D eigenvalue weighted by Gasteiger charge is -2.16. The van der Waals surface area contributed by atoms with Gasteiger partial charge in [0.1, 0.15) is 5.78 Å². The molecule has 0 aliphatic rings.